The van der Waals surface area contributed by atoms with E-state index in [1.165, 1.54) is 0 Å². The molecule has 17 heavy (non-hydrogen) atoms. The van der Waals surface area contributed by atoms with Gasteiger partial charge in [-0.25, -0.2) is 4.79 Å². The maximum Gasteiger partial charge on any atom is 0.317 e. The molecule has 1 fully saturated rings. The van der Waals surface area contributed by atoms with Crippen LogP contribution in [-0.2, 0) is 4.79 Å². The highest BCUT2D eigenvalue weighted by Gasteiger charge is 2.26. The second kappa shape index (κ2) is 5.86. The number of carbonyl (C=O) groups excluding carboxylic acids is 1. The van der Waals surface area contributed by atoms with Gasteiger partial charge in [0.05, 0.1) is 6.42 Å². The SMILES string of the molecule is CC(C)C(CC(=O)O)NC(=O)N1CCC(N)C1. The normalized spacial score (nSPS) is 21.6. The predicted molar refractivity (Wildman–Crippen MR) is 63.6 cm³/mol. The molecule has 0 bridgehead atoms. The lowest BCUT2D eigenvalue weighted by Crippen LogP contribution is -2.47. The maximum absolute atomic E-state index is 11.9. The van der Waals surface area contributed by atoms with Gasteiger partial charge in [0.2, 0.25) is 0 Å². The summed E-state index contributed by atoms with van der Waals surface area (Å²) < 4.78 is 0. The van der Waals surface area contributed by atoms with Crippen molar-refractivity contribution in [3.8, 4) is 0 Å². The summed E-state index contributed by atoms with van der Waals surface area (Å²) in [5, 5.41) is 11.5. The van der Waals surface area contributed by atoms with Crippen molar-refractivity contribution in [2.75, 3.05) is 13.1 Å². The Morgan fingerprint density at radius 3 is 2.59 bits per heavy atom. The number of hydrogen-bond acceptors (Lipinski definition) is 3. The minimum absolute atomic E-state index is 0.0396. The Morgan fingerprint density at radius 2 is 2.18 bits per heavy atom. The standard InChI is InChI=1S/C11H21N3O3/c1-7(2)9(5-10(15)16)13-11(17)14-4-3-8(12)6-14/h7-9H,3-6,12H2,1-2H3,(H,13,17)(H,15,16). The maximum atomic E-state index is 11.9. The molecule has 0 radical (unpaired) electrons. The molecule has 1 heterocycles. The first-order chi connectivity index (χ1) is 7.90. The van der Waals surface area contributed by atoms with E-state index in [0.717, 1.165) is 6.42 Å². The van der Waals surface area contributed by atoms with E-state index in [1.54, 1.807) is 4.90 Å². The van der Waals surface area contributed by atoms with Crippen molar-refractivity contribution in [1.82, 2.24) is 10.2 Å². The van der Waals surface area contributed by atoms with Gasteiger partial charge < -0.3 is 21.1 Å². The van der Waals surface area contributed by atoms with Crippen molar-refractivity contribution in [2.24, 2.45) is 11.7 Å². The van der Waals surface area contributed by atoms with Crippen LogP contribution in [-0.4, -0.2) is 47.2 Å². The average molecular weight is 243 g/mol. The number of carboxylic acids is 1. The van der Waals surface area contributed by atoms with Crippen molar-refractivity contribution in [3.05, 3.63) is 0 Å². The number of rotatable bonds is 4. The number of carbonyl (C=O) groups is 2. The molecule has 98 valence electrons. The Kier molecular flexibility index (Phi) is 4.74. The van der Waals surface area contributed by atoms with Gasteiger partial charge in [0.15, 0.2) is 0 Å². The van der Waals surface area contributed by atoms with Crippen LogP contribution in [0.5, 0.6) is 0 Å². The van der Waals surface area contributed by atoms with Crippen LogP contribution >= 0.6 is 0 Å². The average Bonchev–Trinajstić information content (AvgIpc) is 2.63. The minimum atomic E-state index is -0.901. The molecule has 2 unspecified atom stereocenters. The molecule has 0 saturated carbocycles. The minimum Gasteiger partial charge on any atom is -0.481 e. The van der Waals surface area contributed by atoms with Gasteiger partial charge in [-0.3, -0.25) is 4.79 Å². The third-order valence-electron chi connectivity index (χ3n) is 3.02. The van der Waals surface area contributed by atoms with Gasteiger partial charge in [-0.15, -0.1) is 0 Å². The molecule has 6 nitrogen and oxygen atoms in total. The molecule has 0 spiro atoms. The number of aliphatic carboxylic acids is 1. The summed E-state index contributed by atoms with van der Waals surface area (Å²) in [6, 6.07) is -0.507. The third-order valence-corrected chi connectivity index (χ3v) is 3.02. The Labute approximate surface area is 101 Å². The van der Waals surface area contributed by atoms with E-state index >= 15 is 0 Å². The highest BCUT2D eigenvalue weighted by Crippen LogP contribution is 2.10. The Hall–Kier alpha value is -1.30. The summed E-state index contributed by atoms with van der Waals surface area (Å²) in [5.41, 5.74) is 5.72. The first kappa shape index (κ1) is 13.8. The zero-order valence-electron chi connectivity index (χ0n) is 10.3. The number of nitrogens with one attached hydrogen (secondary N) is 1. The number of amides is 2. The lowest BCUT2D eigenvalue weighted by Gasteiger charge is -2.24. The molecular formula is C11H21N3O3. The number of hydrogen-bond donors (Lipinski definition) is 3. The van der Waals surface area contributed by atoms with Crippen LogP contribution < -0.4 is 11.1 Å². The number of likely N-dealkylation sites (tertiary alicyclic amines) is 1. The van der Waals surface area contributed by atoms with Gasteiger partial charge in [0, 0.05) is 25.2 Å². The van der Waals surface area contributed by atoms with Crippen LogP contribution in [0.15, 0.2) is 0 Å². The van der Waals surface area contributed by atoms with E-state index in [2.05, 4.69) is 5.32 Å². The molecule has 1 aliphatic heterocycles. The van der Waals surface area contributed by atoms with Gasteiger partial charge >= 0.3 is 12.0 Å². The van der Waals surface area contributed by atoms with Crippen molar-refractivity contribution >= 4 is 12.0 Å². The van der Waals surface area contributed by atoms with Crippen molar-refractivity contribution < 1.29 is 14.7 Å². The second-order valence-electron chi connectivity index (χ2n) is 4.89. The van der Waals surface area contributed by atoms with Crippen LogP contribution in [0.2, 0.25) is 0 Å². The molecule has 0 aromatic carbocycles. The van der Waals surface area contributed by atoms with Crippen molar-refractivity contribution in [1.29, 1.82) is 0 Å². The summed E-state index contributed by atoms with van der Waals surface area (Å²) in [5.74, 6) is -0.812. The zero-order chi connectivity index (χ0) is 13.0. The van der Waals surface area contributed by atoms with Gasteiger partial charge in [0.1, 0.15) is 0 Å². The first-order valence-electron chi connectivity index (χ1n) is 5.93. The molecule has 4 N–H and O–H groups in total. The highest BCUT2D eigenvalue weighted by molar-refractivity contribution is 5.76. The number of carboxylic acid groups (broad SMARTS) is 1. The molecule has 0 aliphatic carbocycles. The van der Waals surface area contributed by atoms with Crippen LogP contribution in [0.3, 0.4) is 0 Å². The van der Waals surface area contributed by atoms with Crippen molar-refractivity contribution in [3.63, 3.8) is 0 Å². The summed E-state index contributed by atoms with van der Waals surface area (Å²) >= 11 is 0. The summed E-state index contributed by atoms with van der Waals surface area (Å²) in [6.45, 7) is 4.97. The first-order valence-corrected chi connectivity index (χ1v) is 5.93. The Morgan fingerprint density at radius 1 is 1.53 bits per heavy atom. The molecule has 1 rings (SSSR count). The molecule has 2 amide bonds. The lowest BCUT2D eigenvalue weighted by atomic mass is 10.0. The molecular weight excluding hydrogens is 222 g/mol. The molecule has 1 aliphatic rings. The van der Waals surface area contributed by atoms with Gasteiger partial charge in [0.25, 0.3) is 0 Å². The highest BCUT2D eigenvalue weighted by atomic mass is 16.4. The molecule has 0 aromatic rings. The summed E-state index contributed by atoms with van der Waals surface area (Å²) in [4.78, 5) is 24.2. The number of nitrogens with two attached hydrogens (primary N) is 1. The number of urea groups is 1. The number of nitrogens with zero attached hydrogens (tertiary/aromatic N) is 1. The van der Waals surface area contributed by atoms with E-state index in [4.69, 9.17) is 10.8 Å². The second-order valence-corrected chi connectivity index (χ2v) is 4.89. The van der Waals surface area contributed by atoms with Crippen LogP contribution in [0.4, 0.5) is 4.79 Å². The van der Waals surface area contributed by atoms with Crippen molar-refractivity contribution in [2.45, 2.75) is 38.8 Å². The van der Waals surface area contributed by atoms with E-state index in [0.29, 0.717) is 13.1 Å². The fourth-order valence-electron chi connectivity index (χ4n) is 1.86. The lowest BCUT2D eigenvalue weighted by molar-refractivity contribution is -0.137. The van der Waals surface area contributed by atoms with Crippen LogP contribution in [0.25, 0.3) is 0 Å². The molecule has 1 saturated heterocycles. The summed E-state index contributed by atoms with van der Waals surface area (Å²) in [7, 11) is 0. The Bertz CT molecular complexity index is 294. The third kappa shape index (κ3) is 4.22. The fraction of sp³-hybridized carbons (Fsp3) is 0.818. The monoisotopic (exact) mass is 243 g/mol. The molecule has 6 heteroatoms. The molecule has 0 aromatic heterocycles. The largest absolute Gasteiger partial charge is 0.481 e. The quantitative estimate of drug-likeness (QED) is 0.658. The zero-order valence-corrected chi connectivity index (χ0v) is 10.3. The Balaban J connectivity index is 2.49. The van der Waals surface area contributed by atoms with Gasteiger partial charge in [-0.2, -0.15) is 0 Å². The van der Waals surface area contributed by atoms with E-state index in [-0.39, 0.29) is 30.5 Å². The smallest absolute Gasteiger partial charge is 0.317 e. The van der Waals surface area contributed by atoms with E-state index < -0.39 is 5.97 Å². The van der Waals surface area contributed by atoms with Gasteiger partial charge in [-0.05, 0) is 12.3 Å². The van der Waals surface area contributed by atoms with E-state index in [9.17, 15) is 9.59 Å². The predicted octanol–water partition coefficient (Wildman–Crippen LogP) is 0.228. The van der Waals surface area contributed by atoms with Crippen LogP contribution in [0, 0.1) is 5.92 Å². The van der Waals surface area contributed by atoms with Gasteiger partial charge in [-0.1, -0.05) is 13.8 Å². The van der Waals surface area contributed by atoms with E-state index in [1.807, 2.05) is 13.8 Å². The van der Waals surface area contributed by atoms with Crippen LogP contribution in [0.1, 0.15) is 26.7 Å². The molecule has 2 atom stereocenters. The summed E-state index contributed by atoms with van der Waals surface area (Å²) in [6.07, 6.45) is 0.752. The topological polar surface area (TPSA) is 95.7 Å². The fourth-order valence-corrected chi connectivity index (χ4v) is 1.86.